The van der Waals surface area contributed by atoms with Gasteiger partial charge in [0.2, 0.25) is 0 Å². The van der Waals surface area contributed by atoms with Crippen molar-refractivity contribution in [3.05, 3.63) is 53.3 Å². The van der Waals surface area contributed by atoms with Crippen molar-refractivity contribution in [1.82, 2.24) is 9.80 Å². The topological polar surface area (TPSA) is 98.7 Å². The van der Waals surface area contributed by atoms with Gasteiger partial charge in [0.25, 0.3) is 0 Å². The summed E-state index contributed by atoms with van der Waals surface area (Å²) in [5.41, 5.74) is 1.49. The van der Waals surface area contributed by atoms with Gasteiger partial charge in [-0.05, 0) is 49.5 Å². The first-order valence-electron chi connectivity index (χ1n) is 11.8. The van der Waals surface area contributed by atoms with Gasteiger partial charge in [-0.25, -0.2) is 0 Å². The van der Waals surface area contributed by atoms with E-state index in [9.17, 15) is 20.4 Å². The fourth-order valence-corrected chi connectivity index (χ4v) is 5.46. The van der Waals surface area contributed by atoms with Gasteiger partial charge in [-0.15, -0.1) is 13.2 Å². The molecule has 0 aliphatic heterocycles. The van der Waals surface area contributed by atoms with E-state index in [0.29, 0.717) is 22.0 Å². The van der Waals surface area contributed by atoms with E-state index in [1.165, 1.54) is 0 Å². The Labute approximate surface area is 271 Å². The molecule has 11 heteroatoms. The van der Waals surface area contributed by atoms with Gasteiger partial charge in [0.1, 0.15) is 0 Å². The van der Waals surface area contributed by atoms with Gasteiger partial charge in [-0.3, -0.25) is 0 Å². The summed E-state index contributed by atoms with van der Waals surface area (Å²) in [6.45, 7) is 6.91. The summed E-state index contributed by atoms with van der Waals surface area (Å²) in [6.07, 6.45) is 3.73. The average Bonchev–Trinajstić information content (AvgIpc) is 2.81. The van der Waals surface area contributed by atoms with Crippen molar-refractivity contribution in [2.75, 3.05) is 40.4 Å². The van der Waals surface area contributed by atoms with E-state index in [2.05, 4.69) is 73.5 Å². The van der Waals surface area contributed by atoms with Crippen molar-refractivity contribution < 1.29 is 42.1 Å². The molecule has 2 rings (SSSR count). The van der Waals surface area contributed by atoms with E-state index < -0.39 is 0 Å². The Balaban J connectivity index is 0. The molecule has 0 aromatic heterocycles. The normalized spacial score (nSPS) is 10.4. The van der Waals surface area contributed by atoms with Crippen LogP contribution in [0.3, 0.4) is 0 Å². The molecule has 0 amide bonds. The van der Waals surface area contributed by atoms with Gasteiger partial charge in [0.05, 0.1) is 0 Å². The maximum atomic E-state index is 12.2. The van der Waals surface area contributed by atoms with Crippen molar-refractivity contribution in [3.63, 3.8) is 0 Å². The molecule has 206 valence electrons. The third kappa shape index (κ3) is 17.7. The molecule has 2 aromatic carbocycles. The molecule has 37 heavy (non-hydrogen) atoms. The van der Waals surface area contributed by atoms with Crippen LogP contribution in [0.5, 0.6) is 11.5 Å². The Morgan fingerprint density at radius 3 is 1.22 bits per heavy atom. The van der Waals surface area contributed by atoms with Gasteiger partial charge >= 0.3 is 21.7 Å². The molecule has 6 nitrogen and oxygen atoms in total. The third-order valence-corrected chi connectivity index (χ3v) is 7.00. The second-order valence-corrected chi connectivity index (χ2v) is 11.9. The quantitative estimate of drug-likeness (QED) is 0.305. The number of hydrogen-bond donors (Lipinski definition) is 0. The molecule has 0 saturated heterocycles. The van der Waals surface area contributed by atoms with E-state index in [0.717, 1.165) is 58.8 Å². The summed E-state index contributed by atoms with van der Waals surface area (Å²) < 4.78 is 2.89. The zero-order chi connectivity index (χ0) is 27.7. The number of likely N-dealkylation sites (N-methyl/N-ethyl adjacent to an activating group) is 2. The predicted octanol–water partition coefficient (Wildman–Crippen LogP) is 4.74. The van der Waals surface area contributed by atoms with Crippen LogP contribution in [0.4, 0.5) is 0 Å². The van der Waals surface area contributed by atoms with Crippen LogP contribution >= 0.6 is 63.7 Å². The number of unbranched alkanes of at least 4 members (excludes halogenated alkanes) is 2. The summed E-state index contributed by atoms with van der Waals surface area (Å²) in [4.78, 5) is 4.20. The SMILES string of the molecule is CCCC[O-].CCCC[O-].CN(CCN(C)Cc1cc(Br)cc(Br)c1[O-])Cc1cc(Br)cc(Br)c1[O-].[Ti+4]. The maximum absolute atomic E-state index is 12.2. The number of nitrogens with zero attached hydrogens (tertiary/aromatic N) is 2. The smallest absolute Gasteiger partial charge is 0.871 e. The van der Waals surface area contributed by atoms with Crippen LogP contribution in [0.25, 0.3) is 0 Å². The van der Waals surface area contributed by atoms with Gasteiger partial charge in [0.15, 0.2) is 0 Å². The Morgan fingerprint density at radius 2 is 0.973 bits per heavy atom. The minimum atomic E-state index is 0. The molecule has 0 atom stereocenters. The zero-order valence-electron chi connectivity index (χ0n) is 21.9. The molecule has 0 radical (unpaired) electrons. The van der Waals surface area contributed by atoms with Crippen LogP contribution < -0.4 is 20.4 Å². The molecule has 0 aliphatic rings. The maximum Gasteiger partial charge on any atom is 4.00 e. The number of rotatable bonds is 11. The van der Waals surface area contributed by atoms with E-state index in [4.69, 9.17) is 0 Å². The first-order valence-corrected chi connectivity index (χ1v) is 15.0. The van der Waals surface area contributed by atoms with Crippen LogP contribution in [-0.2, 0) is 34.8 Å². The molecule has 0 fully saturated rings. The van der Waals surface area contributed by atoms with Crippen LogP contribution in [-0.4, -0.2) is 50.2 Å². The zero-order valence-corrected chi connectivity index (χ0v) is 29.8. The monoisotopic (exact) mass is 804 g/mol. The molecule has 0 bridgehead atoms. The molecule has 0 unspecified atom stereocenters. The number of benzene rings is 2. The van der Waals surface area contributed by atoms with Gasteiger partial charge in [-0.1, -0.05) is 115 Å². The molecule has 0 heterocycles. The Hall–Kier alpha value is 0.514. The van der Waals surface area contributed by atoms with Crippen molar-refractivity contribution in [3.8, 4) is 11.5 Å². The second kappa shape index (κ2) is 23.2. The van der Waals surface area contributed by atoms with Crippen LogP contribution in [0.1, 0.15) is 50.7 Å². The second-order valence-electron chi connectivity index (χ2n) is 8.34. The fraction of sp³-hybridized carbons (Fsp3) is 0.538. The molecule has 0 aliphatic carbocycles. The van der Waals surface area contributed by atoms with E-state index >= 15 is 0 Å². The van der Waals surface area contributed by atoms with Crippen LogP contribution in [0, 0.1) is 0 Å². The van der Waals surface area contributed by atoms with Crippen LogP contribution in [0.15, 0.2) is 42.2 Å². The minimum absolute atomic E-state index is 0. The van der Waals surface area contributed by atoms with E-state index in [1.54, 1.807) is 12.1 Å². The largest absolute Gasteiger partial charge is 4.00 e. The van der Waals surface area contributed by atoms with Gasteiger partial charge in [0, 0.05) is 44.1 Å². The summed E-state index contributed by atoms with van der Waals surface area (Å²) in [5.74, 6) is 0.0341. The average molecular weight is 808 g/mol. The van der Waals surface area contributed by atoms with Gasteiger partial charge < -0.3 is 30.2 Å². The van der Waals surface area contributed by atoms with Gasteiger partial charge in [-0.2, -0.15) is 0 Å². The fourth-order valence-electron chi connectivity index (χ4n) is 2.83. The molecular formula is C26H36Br4N2O4Ti. The summed E-state index contributed by atoms with van der Waals surface area (Å²) >= 11 is 13.4. The first-order chi connectivity index (χ1) is 17.0. The van der Waals surface area contributed by atoms with Crippen molar-refractivity contribution in [2.45, 2.75) is 52.6 Å². The van der Waals surface area contributed by atoms with Crippen molar-refractivity contribution >= 4 is 63.7 Å². The van der Waals surface area contributed by atoms with E-state index in [-0.39, 0.29) is 46.4 Å². The van der Waals surface area contributed by atoms with Crippen LogP contribution in [0.2, 0.25) is 0 Å². The molecule has 0 N–H and O–H groups in total. The first kappa shape index (κ1) is 39.7. The summed E-state index contributed by atoms with van der Waals surface area (Å²) in [7, 11) is 3.97. The van der Waals surface area contributed by atoms with Crippen molar-refractivity contribution in [2.24, 2.45) is 0 Å². The Kier molecular flexibility index (Phi) is 24.9. The van der Waals surface area contributed by atoms with E-state index in [1.807, 2.05) is 40.1 Å². The number of hydrogen-bond acceptors (Lipinski definition) is 6. The predicted molar refractivity (Wildman–Crippen MR) is 155 cm³/mol. The standard InChI is InChI=1S/C18H20Br4N2O2.2C4H9O.Ti/c1-23(9-11-5-13(19)7-15(21)17(11)25)3-4-24(2)10-12-6-14(20)8-16(22)18(12)26;2*1-2-3-4-5;/h5-8,25-26H,3-4,9-10H2,1-2H3;2*2-4H2,1H3;/q;2*-1;+4/p-2. The molecular weight excluding hydrogens is 772 g/mol. The van der Waals surface area contributed by atoms with Crippen molar-refractivity contribution in [1.29, 1.82) is 0 Å². The molecule has 0 saturated carbocycles. The summed E-state index contributed by atoms with van der Waals surface area (Å²) in [5, 5.41) is 43.4. The molecule has 2 aromatic rings. The molecule has 0 spiro atoms. The Morgan fingerprint density at radius 1 is 0.649 bits per heavy atom. The number of halogens is 4. The minimum Gasteiger partial charge on any atom is -0.871 e. The third-order valence-electron chi connectivity index (χ3n) is 4.91. The summed E-state index contributed by atoms with van der Waals surface area (Å²) in [6, 6.07) is 7.23. The Bertz CT molecular complexity index is 819.